The van der Waals surface area contributed by atoms with Crippen molar-refractivity contribution >= 4 is 85.5 Å². The van der Waals surface area contributed by atoms with Crippen LogP contribution in [-0.4, -0.2) is 136 Å². The first kappa shape index (κ1) is 62.5. The minimum atomic E-state index is -5.08. The maximum absolute atomic E-state index is 13.7. The van der Waals surface area contributed by atoms with Gasteiger partial charge in [0.15, 0.2) is 11.9 Å². The molecule has 0 spiro atoms. The molecule has 0 aliphatic carbocycles. The minimum absolute atomic E-state index is 0.0657. The summed E-state index contributed by atoms with van der Waals surface area (Å²) in [5.74, 6) is -11.8. The van der Waals surface area contributed by atoms with Gasteiger partial charge in [0.25, 0.3) is 20.4 Å². The number of nitrogens with one attached hydrogen (secondary N) is 6. The quantitative estimate of drug-likeness (QED) is 0.0133. The first-order chi connectivity index (χ1) is 35.9. The molecule has 0 fully saturated rings. The smallest absolute Gasteiger partial charge is 0.481 e. The van der Waals surface area contributed by atoms with Gasteiger partial charge >= 0.3 is 48.0 Å². The van der Waals surface area contributed by atoms with E-state index in [1.165, 1.54) is 97.1 Å². The van der Waals surface area contributed by atoms with Crippen LogP contribution in [0.5, 0.6) is 11.5 Å². The topological polar surface area (TPSA) is 462 Å². The third kappa shape index (κ3) is 21.2. The van der Waals surface area contributed by atoms with Gasteiger partial charge in [0.1, 0.15) is 23.6 Å². The predicted octanol–water partition coefficient (Wildman–Crippen LogP) is 1.98. The molecule has 2 unspecified atom stereocenters. The summed E-state index contributed by atoms with van der Waals surface area (Å²) in [5.41, 5.74) is 12.4. The molecule has 2 atom stereocenters. The Labute approximate surface area is 434 Å². The normalized spacial score (nSPS) is 12.2. The monoisotopic (exact) mass is 1130 g/mol. The van der Waals surface area contributed by atoms with Crippen molar-refractivity contribution in [3.8, 4) is 11.5 Å². The number of ether oxygens (including phenoxy) is 2. The number of alkyl halides is 3. The Balaban J connectivity index is 0.00000208. The zero-order chi connectivity index (χ0) is 57.8. The fraction of sp³-hybridized carbons (Fsp3) is 0.250. The van der Waals surface area contributed by atoms with Crippen LogP contribution in [-0.2, 0) is 57.5 Å². The number of hydrogen-bond acceptors (Lipinski definition) is 15. The highest BCUT2D eigenvalue weighted by atomic mass is 32.2. The van der Waals surface area contributed by atoms with Crippen molar-refractivity contribution in [1.29, 1.82) is 10.8 Å². The average molecular weight is 1130 g/mol. The number of carboxylic acid groups (broad SMARTS) is 5. The fourth-order valence-electron chi connectivity index (χ4n) is 6.27. The van der Waals surface area contributed by atoms with Crippen molar-refractivity contribution in [3.63, 3.8) is 0 Å². The number of anilines is 2. The van der Waals surface area contributed by atoms with Crippen molar-refractivity contribution in [2.24, 2.45) is 11.5 Å². The minimum Gasteiger partial charge on any atom is -0.481 e. The second-order valence-electron chi connectivity index (χ2n) is 15.6. The lowest BCUT2D eigenvalue weighted by Gasteiger charge is -2.29. The molecule has 0 aliphatic heterocycles. The summed E-state index contributed by atoms with van der Waals surface area (Å²) in [6.07, 6.45) is -8.28. The standard InChI is InChI=1S/C42H48N10O16S2.C2HF3O2/c43-41(44)49-29-11-7-27(8-12-29)39(61)67-31-15-3-25(4-16-31)23-47-69(63,64)51(33(37(57)58)21-35(53)54)19-1-2-20-52(34(38(59)60)22-36(55)56)70(65,66)48-24-26-5-17-32(18-6-26)68-40(62)28-9-13-30(14-10-28)50-42(45)46;3-2(4,5)1(6)7/h3-18,33-34,47-48H,1-2,19-24H2,(H,53,54)(H,55,56)(H,57,58)(H,59,60)(H4,43,44,49)(H4,45,46,50);(H,6,7). The third-order valence-corrected chi connectivity index (χ3v) is 13.0. The molecule has 416 valence electrons. The Kier molecular flexibility index (Phi) is 22.9. The molecule has 4 aromatic rings. The van der Waals surface area contributed by atoms with Gasteiger partial charge in [-0.05, 0) is 96.8 Å². The summed E-state index contributed by atoms with van der Waals surface area (Å²) < 4.78 is 102. The number of hydrogen-bond donors (Lipinski definition) is 13. The first-order valence-corrected chi connectivity index (χ1v) is 24.5. The molecule has 0 radical (unpaired) electrons. The van der Waals surface area contributed by atoms with Gasteiger partial charge in [0, 0.05) is 37.6 Å². The van der Waals surface area contributed by atoms with Gasteiger partial charge in [0.05, 0.1) is 24.0 Å². The fourth-order valence-corrected chi connectivity index (χ4v) is 9.03. The second kappa shape index (κ2) is 28.2. The summed E-state index contributed by atoms with van der Waals surface area (Å²) in [7, 11) is -9.72. The Morgan fingerprint density at radius 2 is 0.844 bits per heavy atom. The number of carbonyl (C=O) groups is 7. The van der Waals surface area contributed by atoms with Crippen molar-refractivity contribution in [3.05, 3.63) is 119 Å². The maximum atomic E-state index is 13.7. The number of halogens is 3. The molecule has 0 saturated carbocycles. The molecule has 33 heteroatoms. The number of nitrogens with zero attached hydrogens (tertiary/aromatic N) is 2. The van der Waals surface area contributed by atoms with Crippen LogP contribution in [0.4, 0.5) is 24.5 Å². The van der Waals surface area contributed by atoms with Crippen molar-refractivity contribution < 1.29 is 98.6 Å². The predicted molar refractivity (Wildman–Crippen MR) is 262 cm³/mol. The number of rotatable bonds is 27. The summed E-state index contributed by atoms with van der Waals surface area (Å²) in [5, 5.41) is 65.6. The summed E-state index contributed by atoms with van der Waals surface area (Å²) in [6, 6.07) is 18.2. The SMILES string of the molecule is N=C(N)Nc1ccc(C(=O)Oc2ccc(CNS(=O)(=O)N(CCCCN(C(CC(=O)O)C(=O)O)S(=O)(=O)NCc3ccc(OC(=O)c4ccc(NC(=N)N)cc4)cc3)C(CC(=O)O)C(=O)O)cc2)cc1.O=C(O)C(F)(F)F. The molecule has 0 aromatic heterocycles. The Bertz CT molecular complexity index is 2820. The number of guanidine groups is 2. The molecule has 28 nitrogen and oxygen atoms in total. The van der Waals surface area contributed by atoms with Crippen molar-refractivity contribution in [2.75, 3.05) is 23.7 Å². The molecule has 0 saturated heterocycles. The van der Waals surface area contributed by atoms with E-state index in [4.69, 9.17) is 41.7 Å². The van der Waals surface area contributed by atoms with Gasteiger partial charge in [-0.25, -0.2) is 14.4 Å². The zero-order valence-corrected chi connectivity index (χ0v) is 41.2. The molecule has 0 amide bonds. The van der Waals surface area contributed by atoms with E-state index in [2.05, 4.69) is 20.1 Å². The van der Waals surface area contributed by atoms with E-state index >= 15 is 0 Å². The number of unbranched alkanes of at least 4 members (excludes halogenated alkanes) is 1. The number of benzene rings is 4. The second-order valence-corrected chi connectivity index (χ2v) is 19.0. The van der Waals surface area contributed by atoms with Crippen LogP contribution in [0.25, 0.3) is 0 Å². The molecule has 0 aliphatic rings. The van der Waals surface area contributed by atoms with E-state index in [1.807, 2.05) is 0 Å². The molecular weight excluding hydrogens is 1080 g/mol. The van der Waals surface area contributed by atoms with Crippen molar-refractivity contribution in [2.45, 2.75) is 57.0 Å². The number of carboxylic acids is 5. The molecule has 4 rings (SSSR count). The van der Waals surface area contributed by atoms with Crippen LogP contribution in [0.2, 0.25) is 0 Å². The van der Waals surface area contributed by atoms with E-state index in [9.17, 15) is 79.2 Å². The molecule has 0 bridgehead atoms. The van der Waals surface area contributed by atoms with Crippen LogP contribution >= 0.6 is 0 Å². The van der Waals surface area contributed by atoms with Gasteiger partial charge < -0.3 is 57.1 Å². The third-order valence-electron chi connectivity index (χ3n) is 9.85. The van der Waals surface area contributed by atoms with Gasteiger partial charge in [-0.2, -0.15) is 48.1 Å². The van der Waals surface area contributed by atoms with Gasteiger partial charge in [0.2, 0.25) is 0 Å². The van der Waals surface area contributed by atoms with Crippen LogP contribution in [0.15, 0.2) is 97.1 Å². The molecular formula is C44H49F3N10O18S2. The largest absolute Gasteiger partial charge is 0.490 e. The molecule has 0 heterocycles. The maximum Gasteiger partial charge on any atom is 0.490 e. The molecule has 4 aromatic carbocycles. The highest BCUT2D eigenvalue weighted by Gasteiger charge is 2.39. The lowest BCUT2D eigenvalue weighted by Crippen LogP contribution is -2.52. The molecule has 15 N–H and O–H groups in total. The number of aliphatic carboxylic acids is 5. The Morgan fingerprint density at radius 1 is 0.545 bits per heavy atom. The lowest BCUT2D eigenvalue weighted by atomic mass is 10.2. The van der Waals surface area contributed by atoms with Crippen LogP contribution in [0.3, 0.4) is 0 Å². The van der Waals surface area contributed by atoms with Gasteiger partial charge in [-0.15, -0.1) is 0 Å². The van der Waals surface area contributed by atoms with E-state index in [0.29, 0.717) is 20.0 Å². The van der Waals surface area contributed by atoms with Gasteiger partial charge in [-0.3, -0.25) is 30.0 Å². The zero-order valence-electron chi connectivity index (χ0n) is 39.6. The van der Waals surface area contributed by atoms with Crippen LogP contribution in [0.1, 0.15) is 57.5 Å². The average Bonchev–Trinajstić information content (AvgIpc) is 3.33. The summed E-state index contributed by atoms with van der Waals surface area (Å²) in [6.45, 7) is -2.43. The van der Waals surface area contributed by atoms with E-state index in [-0.39, 0.29) is 45.7 Å². The highest BCUT2D eigenvalue weighted by molar-refractivity contribution is 7.87. The van der Waals surface area contributed by atoms with E-state index in [0.717, 1.165) is 0 Å². The van der Waals surface area contributed by atoms with E-state index < -0.39 is 132 Å². The number of esters is 2. The summed E-state index contributed by atoms with van der Waals surface area (Å²) in [4.78, 5) is 82.0. The van der Waals surface area contributed by atoms with Crippen molar-refractivity contribution in [1.82, 2.24) is 18.1 Å². The first-order valence-electron chi connectivity index (χ1n) is 21.6. The highest BCUT2D eigenvalue weighted by Crippen LogP contribution is 2.21. The molecule has 77 heavy (non-hydrogen) atoms. The van der Waals surface area contributed by atoms with Crippen LogP contribution < -0.4 is 41.0 Å². The Morgan fingerprint density at radius 3 is 1.09 bits per heavy atom. The number of nitrogens with two attached hydrogens (primary N) is 2. The number of carbonyl (C=O) groups excluding carboxylic acids is 2. The lowest BCUT2D eigenvalue weighted by molar-refractivity contribution is -0.192. The van der Waals surface area contributed by atoms with Crippen LogP contribution in [0, 0.1) is 10.8 Å². The van der Waals surface area contributed by atoms with E-state index in [1.54, 1.807) is 0 Å². The summed E-state index contributed by atoms with van der Waals surface area (Å²) >= 11 is 0. The van der Waals surface area contributed by atoms with Gasteiger partial charge in [-0.1, -0.05) is 24.3 Å². The Hall–Kier alpha value is -8.76.